The molecule has 1 amide bonds. The molecule has 12 heavy (non-hydrogen) atoms. The van der Waals surface area contributed by atoms with Crippen molar-refractivity contribution in [2.45, 2.75) is 6.92 Å². The van der Waals surface area contributed by atoms with E-state index in [1.807, 2.05) is 0 Å². The van der Waals surface area contributed by atoms with Crippen LogP contribution in [0.15, 0.2) is 10.7 Å². The summed E-state index contributed by atoms with van der Waals surface area (Å²) in [5.41, 5.74) is 4.99. The van der Waals surface area contributed by atoms with E-state index in [0.29, 0.717) is 11.7 Å². The maximum Gasteiger partial charge on any atom is 0.256 e. The first kappa shape index (κ1) is 9.12. The van der Waals surface area contributed by atoms with Gasteiger partial charge in [0, 0.05) is 5.75 Å². The molecule has 0 aliphatic carbocycles. The minimum atomic E-state index is -0.716. The molecule has 0 atom stereocenters. The van der Waals surface area contributed by atoms with Crippen LogP contribution in [0.2, 0.25) is 0 Å². The third-order valence-corrected chi connectivity index (χ3v) is 2.31. The summed E-state index contributed by atoms with van der Waals surface area (Å²) in [6, 6.07) is 0. The van der Waals surface area contributed by atoms with E-state index >= 15 is 0 Å². The number of amides is 1. The molecule has 0 aromatic heterocycles. The molecule has 0 aromatic carbocycles. The van der Waals surface area contributed by atoms with Crippen molar-refractivity contribution < 1.29 is 14.3 Å². The van der Waals surface area contributed by atoms with Crippen LogP contribution in [0, 0.1) is 0 Å². The van der Waals surface area contributed by atoms with Crippen LogP contribution in [0.5, 0.6) is 0 Å². The molecule has 1 aliphatic rings. The van der Waals surface area contributed by atoms with Gasteiger partial charge < -0.3 is 10.5 Å². The van der Waals surface area contributed by atoms with Crippen molar-refractivity contribution >= 4 is 23.5 Å². The monoisotopic (exact) mass is 187 g/mol. The van der Waals surface area contributed by atoms with E-state index in [-0.39, 0.29) is 11.4 Å². The van der Waals surface area contributed by atoms with Crippen molar-refractivity contribution in [3.8, 4) is 0 Å². The van der Waals surface area contributed by atoms with Gasteiger partial charge in [-0.05, 0) is 6.92 Å². The lowest BCUT2D eigenvalue weighted by molar-refractivity contribution is -0.120. The molecule has 66 valence electrons. The Bertz CT molecular complexity index is 235. The largest absolute Gasteiger partial charge is 0.486 e. The van der Waals surface area contributed by atoms with Gasteiger partial charge in [0.05, 0.1) is 6.61 Å². The van der Waals surface area contributed by atoms with E-state index in [2.05, 4.69) is 0 Å². The number of nitrogens with two attached hydrogens (primary N) is 1. The molecule has 1 aliphatic heterocycles. The smallest absolute Gasteiger partial charge is 0.256 e. The minimum Gasteiger partial charge on any atom is -0.486 e. The fraction of sp³-hybridized carbons (Fsp3) is 0.429. The van der Waals surface area contributed by atoms with Crippen LogP contribution in [-0.4, -0.2) is 24.1 Å². The van der Waals surface area contributed by atoms with Crippen molar-refractivity contribution in [3.63, 3.8) is 0 Å². The van der Waals surface area contributed by atoms with Crippen LogP contribution in [0.3, 0.4) is 0 Å². The van der Waals surface area contributed by atoms with Gasteiger partial charge in [0.1, 0.15) is 5.57 Å². The average Bonchev–Trinajstić information content (AvgIpc) is 2.37. The maximum absolute atomic E-state index is 10.9. The van der Waals surface area contributed by atoms with Crippen LogP contribution in [0.1, 0.15) is 6.92 Å². The lowest BCUT2D eigenvalue weighted by Crippen LogP contribution is -2.20. The highest BCUT2D eigenvalue weighted by atomic mass is 32.2. The first-order chi connectivity index (χ1) is 5.63. The molecule has 1 fully saturated rings. The lowest BCUT2D eigenvalue weighted by atomic mass is 10.2. The van der Waals surface area contributed by atoms with Gasteiger partial charge in [0.25, 0.3) is 5.91 Å². The second-order valence-corrected chi connectivity index (χ2v) is 3.35. The maximum atomic E-state index is 10.9. The predicted octanol–water partition coefficient (Wildman–Crippen LogP) is 0.0357. The SMILES string of the molecule is CC(=O)/C(C(N)=O)=C1/OCCS1. The zero-order valence-electron chi connectivity index (χ0n) is 6.62. The third-order valence-electron chi connectivity index (χ3n) is 1.35. The zero-order chi connectivity index (χ0) is 9.14. The average molecular weight is 187 g/mol. The minimum absolute atomic E-state index is 0.0162. The van der Waals surface area contributed by atoms with E-state index in [1.165, 1.54) is 18.7 Å². The highest BCUT2D eigenvalue weighted by Crippen LogP contribution is 2.27. The topological polar surface area (TPSA) is 69.4 Å². The molecular weight excluding hydrogens is 178 g/mol. The number of primary amides is 1. The summed E-state index contributed by atoms with van der Waals surface area (Å²) in [6.07, 6.45) is 0. The number of ether oxygens (including phenoxy) is 1. The van der Waals surface area contributed by atoms with Gasteiger partial charge in [-0.15, -0.1) is 0 Å². The van der Waals surface area contributed by atoms with E-state index < -0.39 is 5.91 Å². The van der Waals surface area contributed by atoms with E-state index in [4.69, 9.17) is 10.5 Å². The standard InChI is InChI=1S/C7H9NO3S/c1-4(9)5(6(8)10)7-11-2-3-12-7/h2-3H2,1H3,(H2,8,10)/b7-5+. The van der Waals surface area contributed by atoms with Crippen molar-refractivity contribution in [2.75, 3.05) is 12.4 Å². The molecular formula is C7H9NO3S. The highest BCUT2D eigenvalue weighted by molar-refractivity contribution is 8.03. The second kappa shape index (κ2) is 3.62. The van der Waals surface area contributed by atoms with Crippen LogP contribution in [-0.2, 0) is 14.3 Å². The van der Waals surface area contributed by atoms with Crippen molar-refractivity contribution in [1.82, 2.24) is 0 Å². The van der Waals surface area contributed by atoms with Crippen LogP contribution >= 0.6 is 11.8 Å². The Labute approximate surface area is 74.1 Å². The normalized spacial score (nSPS) is 20.1. The molecule has 2 N–H and O–H groups in total. The van der Waals surface area contributed by atoms with E-state index in [9.17, 15) is 9.59 Å². The molecule has 1 rings (SSSR count). The summed E-state index contributed by atoms with van der Waals surface area (Å²) in [7, 11) is 0. The molecule has 0 bridgehead atoms. The Kier molecular flexibility index (Phi) is 2.75. The van der Waals surface area contributed by atoms with Crippen molar-refractivity contribution in [3.05, 3.63) is 10.7 Å². The van der Waals surface area contributed by atoms with E-state index in [0.717, 1.165) is 5.75 Å². The zero-order valence-corrected chi connectivity index (χ0v) is 7.44. The van der Waals surface area contributed by atoms with Gasteiger partial charge in [-0.3, -0.25) is 9.59 Å². The highest BCUT2D eigenvalue weighted by Gasteiger charge is 2.22. The number of thioether (sulfide) groups is 1. The summed E-state index contributed by atoms with van der Waals surface area (Å²) >= 11 is 1.34. The number of ketones is 1. The Balaban J connectivity index is 2.97. The summed E-state index contributed by atoms with van der Waals surface area (Å²) in [5, 5.41) is 0.370. The third kappa shape index (κ3) is 1.79. The first-order valence-corrected chi connectivity index (χ1v) is 4.42. The van der Waals surface area contributed by atoms with Gasteiger partial charge in [-0.2, -0.15) is 0 Å². The summed E-state index contributed by atoms with van der Waals surface area (Å²) in [6.45, 7) is 1.83. The molecule has 0 radical (unpaired) electrons. The molecule has 0 unspecified atom stereocenters. The number of carbonyl (C=O) groups is 2. The Morgan fingerprint density at radius 2 is 2.25 bits per heavy atom. The van der Waals surface area contributed by atoms with Crippen LogP contribution in [0.4, 0.5) is 0 Å². The Hall–Kier alpha value is -0.970. The summed E-state index contributed by atoms with van der Waals surface area (Å²) < 4.78 is 5.06. The van der Waals surface area contributed by atoms with Gasteiger partial charge in [-0.1, -0.05) is 11.8 Å². The number of rotatable bonds is 2. The fourth-order valence-corrected chi connectivity index (χ4v) is 1.78. The molecule has 0 aromatic rings. The number of carbonyl (C=O) groups excluding carboxylic acids is 2. The van der Waals surface area contributed by atoms with E-state index in [1.54, 1.807) is 0 Å². The number of Topliss-reactive ketones (excluding diaryl/α,β-unsaturated/α-hetero) is 1. The molecule has 4 nitrogen and oxygen atoms in total. The summed E-state index contributed by atoms with van der Waals surface area (Å²) in [5.74, 6) is -0.293. The Morgan fingerprint density at radius 1 is 1.58 bits per heavy atom. The van der Waals surface area contributed by atoms with Crippen LogP contribution < -0.4 is 5.73 Å². The number of hydrogen-bond donors (Lipinski definition) is 1. The predicted molar refractivity (Wildman–Crippen MR) is 45.3 cm³/mol. The molecule has 1 heterocycles. The second-order valence-electron chi connectivity index (χ2n) is 2.28. The van der Waals surface area contributed by atoms with Crippen LogP contribution in [0.25, 0.3) is 0 Å². The fourth-order valence-electron chi connectivity index (χ4n) is 0.873. The van der Waals surface area contributed by atoms with Gasteiger partial charge >= 0.3 is 0 Å². The Morgan fingerprint density at radius 3 is 2.58 bits per heavy atom. The lowest BCUT2D eigenvalue weighted by Gasteiger charge is -2.01. The quantitative estimate of drug-likeness (QED) is 0.376. The molecule has 1 saturated heterocycles. The van der Waals surface area contributed by atoms with Gasteiger partial charge in [-0.25, -0.2) is 0 Å². The molecule has 0 saturated carbocycles. The van der Waals surface area contributed by atoms with Crippen molar-refractivity contribution in [1.29, 1.82) is 0 Å². The van der Waals surface area contributed by atoms with Crippen molar-refractivity contribution in [2.24, 2.45) is 5.73 Å². The first-order valence-electron chi connectivity index (χ1n) is 3.43. The molecule has 5 heteroatoms. The summed E-state index contributed by atoms with van der Waals surface area (Å²) in [4.78, 5) is 21.7. The number of hydrogen-bond acceptors (Lipinski definition) is 4. The van der Waals surface area contributed by atoms with Gasteiger partial charge in [0.15, 0.2) is 10.9 Å². The molecule has 0 spiro atoms. The van der Waals surface area contributed by atoms with Gasteiger partial charge in [0.2, 0.25) is 0 Å².